The molecule has 5 aromatic rings. The van der Waals surface area contributed by atoms with E-state index in [0.29, 0.717) is 5.75 Å². The van der Waals surface area contributed by atoms with Gasteiger partial charge in [-0.05, 0) is 47.5 Å². The van der Waals surface area contributed by atoms with Crippen LogP contribution in [0.2, 0.25) is 0 Å². The van der Waals surface area contributed by atoms with E-state index < -0.39 is 0 Å². The molecular formula is C24H18BNO2. The zero-order valence-electron chi connectivity index (χ0n) is 15.2. The van der Waals surface area contributed by atoms with E-state index in [1.165, 1.54) is 21.8 Å². The minimum Gasteiger partial charge on any atom is -0.539 e. The van der Waals surface area contributed by atoms with Crippen molar-refractivity contribution in [2.24, 2.45) is 0 Å². The number of para-hydroxylation sites is 2. The normalized spacial score (nSPS) is 11.0. The Balaban J connectivity index is 1.71. The van der Waals surface area contributed by atoms with E-state index in [-0.39, 0.29) is 7.69 Å². The first kappa shape index (κ1) is 16.7. The smallest absolute Gasteiger partial charge is 0.504 e. The van der Waals surface area contributed by atoms with Gasteiger partial charge < -0.3 is 14.2 Å². The molecule has 0 amide bonds. The summed E-state index contributed by atoms with van der Waals surface area (Å²) in [5.74, 6) is 0.655. The number of benzene rings is 4. The van der Waals surface area contributed by atoms with Gasteiger partial charge in [-0.1, -0.05) is 60.7 Å². The monoisotopic (exact) mass is 363 g/mol. The second-order valence-electron chi connectivity index (χ2n) is 6.72. The molecule has 1 N–H and O–H groups in total. The second-order valence-corrected chi connectivity index (χ2v) is 6.72. The van der Waals surface area contributed by atoms with E-state index >= 15 is 0 Å². The summed E-state index contributed by atoms with van der Waals surface area (Å²) in [4.78, 5) is 0. The van der Waals surface area contributed by atoms with Crippen molar-refractivity contribution in [3.05, 3.63) is 97.1 Å². The molecule has 0 unspecified atom stereocenters. The van der Waals surface area contributed by atoms with Crippen LogP contribution < -0.4 is 4.65 Å². The Bertz CT molecular complexity index is 1240. The largest absolute Gasteiger partial charge is 0.539 e. The van der Waals surface area contributed by atoms with Crippen molar-refractivity contribution in [3.8, 4) is 22.6 Å². The Kier molecular flexibility index (Phi) is 4.11. The highest BCUT2D eigenvalue weighted by Crippen LogP contribution is 2.33. The van der Waals surface area contributed by atoms with Gasteiger partial charge in [0.2, 0.25) is 0 Å². The van der Waals surface area contributed by atoms with Crippen molar-refractivity contribution in [2.45, 2.75) is 0 Å². The molecular weight excluding hydrogens is 345 g/mol. The van der Waals surface area contributed by atoms with Crippen LogP contribution >= 0.6 is 0 Å². The molecule has 0 radical (unpaired) electrons. The highest BCUT2D eigenvalue weighted by atomic mass is 16.5. The summed E-state index contributed by atoms with van der Waals surface area (Å²) in [5, 5.41) is 11.5. The van der Waals surface area contributed by atoms with Crippen LogP contribution in [0.15, 0.2) is 97.1 Å². The van der Waals surface area contributed by atoms with Crippen molar-refractivity contribution in [2.75, 3.05) is 0 Å². The third-order valence-corrected chi connectivity index (χ3v) is 5.08. The number of rotatable bonds is 4. The number of hydrogen-bond donors (Lipinski definition) is 1. The minimum atomic E-state index is -0.329. The third-order valence-electron chi connectivity index (χ3n) is 5.08. The summed E-state index contributed by atoms with van der Waals surface area (Å²) in [5.41, 5.74) is 5.65. The molecule has 5 rings (SSSR count). The van der Waals surface area contributed by atoms with Crippen LogP contribution in [0.4, 0.5) is 0 Å². The van der Waals surface area contributed by atoms with Gasteiger partial charge in [-0.15, -0.1) is 0 Å². The van der Waals surface area contributed by atoms with Gasteiger partial charge in [0.05, 0.1) is 11.0 Å². The summed E-state index contributed by atoms with van der Waals surface area (Å²) in [6.07, 6.45) is 0. The summed E-state index contributed by atoms with van der Waals surface area (Å²) in [6, 6.07) is 33.3. The van der Waals surface area contributed by atoms with Gasteiger partial charge >= 0.3 is 7.69 Å². The first-order valence-electron chi connectivity index (χ1n) is 9.28. The van der Waals surface area contributed by atoms with Crippen molar-refractivity contribution in [1.82, 2.24) is 4.57 Å². The predicted octanol–water partition coefficient (Wildman–Crippen LogP) is 5.09. The van der Waals surface area contributed by atoms with Crippen LogP contribution in [-0.2, 0) is 0 Å². The van der Waals surface area contributed by atoms with Crippen LogP contribution in [0.25, 0.3) is 38.6 Å². The van der Waals surface area contributed by atoms with Gasteiger partial charge in [-0.25, -0.2) is 0 Å². The molecule has 0 spiro atoms. The lowest BCUT2D eigenvalue weighted by molar-refractivity contribution is 0.454. The lowest BCUT2D eigenvalue weighted by atomic mass is 10.0. The van der Waals surface area contributed by atoms with Gasteiger partial charge in [0.1, 0.15) is 5.75 Å². The second kappa shape index (κ2) is 6.91. The first-order chi connectivity index (χ1) is 13.8. The molecule has 4 heteroatoms. The van der Waals surface area contributed by atoms with Crippen molar-refractivity contribution < 1.29 is 9.68 Å². The van der Waals surface area contributed by atoms with Crippen LogP contribution in [0.1, 0.15) is 0 Å². The lowest BCUT2D eigenvalue weighted by Crippen LogP contribution is -1.99. The SMILES string of the molecule is OBOc1cccc(-c2cccc(-n3c4ccccc4c4ccccc43)c2)c1. The molecule has 28 heavy (non-hydrogen) atoms. The first-order valence-corrected chi connectivity index (χ1v) is 9.28. The fourth-order valence-corrected chi connectivity index (χ4v) is 3.87. The third kappa shape index (κ3) is 2.75. The van der Waals surface area contributed by atoms with E-state index in [1.54, 1.807) is 0 Å². The minimum absolute atomic E-state index is 0.329. The molecule has 0 atom stereocenters. The van der Waals surface area contributed by atoms with Gasteiger partial charge in [0.15, 0.2) is 0 Å². The Morgan fingerprint density at radius 3 is 1.93 bits per heavy atom. The van der Waals surface area contributed by atoms with E-state index in [2.05, 4.69) is 83.4 Å². The highest BCUT2D eigenvalue weighted by molar-refractivity contribution is 6.17. The van der Waals surface area contributed by atoms with Crippen molar-refractivity contribution in [3.63, 3.8) is 0 Å². The zero-order chi connectivity index (χ0) is 18.9. The summed E-state index contributed by atoms with van der Waals surface area (Å²) in [6.45, 7) is 0. The number of aromatic nitrogens is 1. The fourth-order valence-electron chi connectivity index (χ4n) is 3.87. The Labute approximate surface area is 163 Å². The van der Waals surface area contributed by atoms with Gasteiger partial charge in [0.25, 0.3) is 0 Å². The number of nitrogens with zero attached hydrogens (tertiary/aromatic N) is 1. The van der Waals surface area contributed by atoms with Crippen LogP contribution in [0.5, 0.6) is 5.75 Å². The van der Waals surface area contributed by atoms with Crippen molar-refractivity contribution in [1.29, 1.82) is 0 Å². The predicted molar refractivity (Wildman–Crippen MR) is 116 cm³/mol. The highest BCUT2D eigenvalue weighted by Gasteiger charge is 2.12. The Morgan fingerprint density at radius 1 is 0.643 bits per heavy atom. The van der Waals surface area contributed by atoms with Crippen molar-refractivity contribution >= 4 is 29.5 Å². The van der Waals surface area contributed by atoms with E-state index in [4.69, 9.17) is 9.68 Å². The molecule has 0 fully saturated rings. The molecule has 0 aliphatic rings. The molecule has 1 heterocycles. The lowest BCUT2D eigenvalue weighted by Gasteiger charge is -2.11. The molecule has 1 aromatic heterocycles. The fraction of sp³-hybridized carbons (Fsp3) is 0. The molecule has 3 nitrogen and oxygen atoms in total. The Morgan fingerprint density at radius 2 is 1.25 bits per heavy atom. The topological polar surface area (TPSA) is 34.4 Å². The molecule has 0 aliphatic carbocycles. The average Bonchev–Trinajstić information content (AvgIpc) is 3.09. The van der Waals surface area contributed by atoms with Crippen LogP contribution in [-0.4, -0.2) is 17.3 Å². The number of fused-ring (bicyclic) bond motifs is 3. The van der Waals surface area contributed by atoms with E-state index in [9.17, 15) is 0 Å². The maximum Gasteiger partial charge on any atom is 0.504 e. The molecule has 134 valence electrons. The maximum atomic E-state index is 9.03. The van der Waals surface area contributed by atoms with E-state index in [1.807, 2.05) is 18.2 Å². The maximum absolute atomic E-state index is 9.03. The molecule has 0 saturated carbocycles. The summed E-state index contributed by atoms with van der Waals surface area (Å²) < 4.78 is 7.54. The molecule has 4 aromatic carbocycles. The van der Waals surface area contributed by atoms with Gasteiger partial charge in [0, 0.05) is 16.5 Å². The summed E-state index contributed by atoms with van der Waals surface area (Å²) in [7, 11) is -0.329. The summed E-state index contributed by atoms with van der Waals surface area (Å²) >= 11 is 0. The Hall–Kier alpha value is -3.50. The quantitative estimate of drug-likeness (QED) is 0.452. The number of hydrogen-bond acceptors (Lipinski definition) is 2. The van der Waals surface area contributed by atoms with Gasteiger partial charge in [-0.3, -0.25) is 0 Å². The van der Waals surface area contributed by atoms with E-state index in [0.717, 1.165) is 16.8 Å². The average molecular weight is 363 g/mol. The molecule has 0 saturated heterocycles. The van der Waals surface area contributed by atoms with Gasteiger partial charge in [-0.2, -0.15) is 0 Å². The molecule has 0 aliphatic heterocycles. The van der Waals surface area contributed by atoms with Crippen LogP contribution in [0.3, 0.4) is 0 Å². The molecule has 0 bridgehead atoms. The standard InChI is InChI=1S/C24H18BNO2/c27-25-28-20-10-6-8-18(16-20)17-7-5-9-19(15-17)26-23-13-3-1-11-21(23)22-12-2-4-14-24(22)26/h1-16,25,27H. The van der Waals surface area contributed by atoms with Crippen LogP contribution in [0, 0.1) is 0 Å². The zero-order valence-corrected chi connectivity index (χ0v) is 15.2.